The summed E-state index contributed by atoms with van der Waals surface area (Å²) < 4.78 is 5.92. The zero-order chi connectivity index (χ0) is 20.7. The summed E-state index contributed by atoms with van der Waals surface area (Å²) in [6.07, 6.45) is 0. The fraction of sp³-hybridized carbons (Fsp3) is 0.200. The Morgan fingerprint density at radius 3 is 2.31 bits per heavy atom. The fourth-order valence-corrected chi connectivity index (χ4v) is 3.83. The Labute approximate surface area is 180 Å². The first kappa shape index (κ1) is 19.6. The maximum absolute atomic E-state index is 13.3. The van der Waals surface area contributed by atoms with E-state index in [0.29, 0.717) is 16.4 Å². The molecule has 4 rings (SSSR count). The van der Waals surface area contributed by atoms with Crippen molar-refractivity contribution in [3.05, 3.63) is 58.0 Å². The van der Waals surface area contributed by atoms with Crippen LogP contribution in [0.1, 0.15) is 6.92 Å². The van der Waals surface area contributed by atoms with Gasteiger partial charge in [-0.25, -0.2) is 9.69 Å². The Hall–Kier alpha value is -2.71. The lowest BCUT2D eigenvalue weighted by atomic mass is 9.98. The van der Waals surface area contributed by atoms with E-state index in [0.717, 1.165) is 9.37 Å². The van der Waals surface area contributed by atoms with E-state index in [1.807, 2.05) is 0 Å². The summed E-state index contributed by atoms with van der Waals surface area (Å²) in [7, 11) is 0. The normalized spacial score (nSPS) is 20.7. The third-order valence-electron chi connectivity index (χ3n) is 4.71. The Kier molecular flexibility index (Phi) is 5.14. The number of hydrogen-bond donors (Lipinski definition) is 0. The average molecular weight is 477 g/mol. The van der Waals surface area contributed by atoms with Crippen LogP contribution in [-0.4, -0.2) is 36.1 Å². The highest BCUT2D eigenvalue weighted by atomic mass is 79.9. The largest absolute Gasteiger partial charge is 0.461 e. The number of ether oxygens (including phenoxy) is 1. The van der Waals surface area contributed by atoms with Gasteiger partial charge in [-0.2, -0.15) is 5.10 Å². The Balaban J connectivity index is 1.78. The van der Waals surface area contributed by atoms with Crippen molar-refractivity contribution in [2.75, 3.05) is 16.5 Å². The minimum atomic E-state index is -1.04. The van der Waals surface area contributed by atoms with Crippen LogP contribution in [0.15, 0.2) is 58.1 Å². The number of fused-ring (bicyclic) bond motifs is 1. The highest BCUT2D eigenvalue weighted by molar-refractivity contribution is 9.10. The summed E-state index contributed by atoms with van der Waals surface area (Å²) in [6.45, 7) is 1.80. The van der Waals surface area contributed by atoms with Crippen molar-refractivity contribution in [1.82, 2.24) is 0 Å². The third-order valence-corrected chi connectivity index (χ3v) is 5.49. The molecule has 0 saturated carbocycles. The van der Waals surface area contributed by atoms with Gasteiger partial charge in [0.2, 0.25) is 5.91 Å². The predicted molar refractivity (Wildman–Crippen MR) is 112 cm³/mol. The zero-order valence-corrected chi connectivity index (χ0v) is 17.6. The summed E-state index contributed by atoms with van der Waals surface area (Å²) in [5, 5.41) is 6.21. The van der Waals surface area contributed by atoms with Gasteiger partial charge < -0.3 is 4.74 Å². The maximum atomic E-state index is 13.3. The van der Waals surface area contributed by atoms with E-state index in [9.17, 15) is 14.4 Å². The summed E-state index contributed by atoms with van der Waals surface area (Å²) in [5.74, 6) is -2.73. The number of hydrogen-bond acceptors (Lipinski definition) is 6. The minimum absolute atomic E-state index is 0.0745. The van der Waals surface area contributed by atoms with Gasteiger partial charge in [0.05, 0.1) is 18.0 Å². The first-order valence-electron chi connectivity index (χ1n) is 8.86. The van der Waals surface area contributed by atoms with Crippen molar-refractivity contribution in [3.63, 3.8) is 0 Å². The van der Waals surface area contributed by atoms with Gasteiger partial charge in [-0.15, -0.1) is 0 Å². The van der Waals surface area contributed by atoms with E-state index in [1.54, 1.807) is 55.5 Å². The number of carbonyl (C=O) groups is 3. The van der Waals surface area contributed by atoms with Crippen LogP contribution in [0.2, 0.25) is 5.02 Å². The number of hydrazone groups is 1. The van der Waals surface area contributed by atoms with E-state index >= 15 is 0 Å². The molecule has 29 heavy (non-hydrogen) atoms. The zero-order valence-electron chi connectivity index (χ0n) is 15.2. The molecule has 2 aliphatic rings. The van der Waals surface area contributed by atoms with Crippen LogP contribution in [0.25, 0.3) is 0 Å². The molecule has 1 fully saturated rings. The topological polar surface area (TPSA) is 79.3 Å². The number of benzene rings is 2. The number of halogens is 2. The lowest BCUT2D eigenvalue weighted by Crippen LogP contribution is -2.39. The standard InChI is InChI=1S/C20H15BrClN3O4/c1-2-29-20(28)16-15-17(25(23-16)14-7-3-11(21)4-8-14)19(27)24(18(15)26)13-9-5-12(22)6-10-13/h3-10,15,17H,2H2,1H3. The average Bonchev–Trinajstić information content (AvgIpc) is 3.21. The van der Waals surface area contributed by atoms with Crippen molar-refractivity contribution < 1.29 is 19.1 Å². The van der Waals surface area contributed by atoms with Crippen LogP contribution >= 0.6 is 27.5 Å². The van der Waals surface area contributed by atoms with E-state index in [2.05, 4.69) is 21.0 Å². The smallest absolute Gasteiger partial charge is 0.355 e. The Bertz CT molecular complexity index is 1020. The second kappa shape index (κ2) is 7.61. The number of nitrogens with zero attached hydrogens (tertiary/aromatic N) is 3. The van der Waals surface area contributed by atoms with Crippen molar-refractivity contribution in [2.45, 2.75) is 13.0 Å². The minimum Gasteiger partial charge on any atom is -0.461 e. The third kappa shape index (κ3) is 3.32. The van der Waals surface area contributed by atoms with Crippen LogP contribution in [-0.2, 0) is 19.1 Å². The van der Waals surface area contributed by atoms with Gasteiger partial charge in [-0.05, 0) is 55.5 Å². The molecule has 2 unspecified atom stereocenters. The second-order valence-corrected chi connectivity index (χ2v) is 7.79. The first-order chi connectivity index (χ1) is 13.9. The molecule has 2 aliphatic heterocycles. The molecule has 2 aromatic rings. The molecule has 148 valence electrons. The highest BCUT2D eigenvalue weighted by Crippen LogP contribution is 2.38. The number of anilines is 2. The van der Waals surface area contributed by atoms with Crippen LogP contribution < -0.4 is 9.91 Å². The molecule has 0 bridgehead atoms. The van der Waals surface area contributed by atoms with Gasteiger partial charge in [0.15, 0.2) is 5.71 Å². The van der Waals surface area contributed by atoms with Crippen LogP contribution in [0.5, 0.6) is 0 Å². The molecule has 0 aliphatic carbocycles. The molecular weight excluding hydrogens is 462 g/mol. The predicted octanol–water partition coefficient (Wildman–Crippen LogP) is 3.40. The number of carbonyl (C=O) groups excluding carboxylic acids is 3. The monoisotopic (exact) mass is 475 g/mol. The molecule has 0 aromatic heterocycles. The fourth-order valence-electron chi connectivity index (χ4n) is 3.44. The first-order valence-corrected chi connectivity index (χ1v) is 10.0. The molecule has 2 heterocycles. The molecule has 0 N–H and O–H groups in total. The van der Waals surface area contributed by atoms with Gasteiger partial charge in [-0.3, -0.25) is 14.6 Å². The SMILES string of the molecule is CCOC(=O)C1=NN(c2ccc(Br)cc2)C2C(=O)N(c3ccc(Cl)cc3)C(=O)C12. The lowest BCUT2D eigenvalue weighted by molar-refractivity contribution is -0.136. The van der Waals surface area contributed by atoms with Gasteiger partial charge in [-0.1, -0.05) is 27.5 Å². The van der Waals surface area contributed by atoms with Crippen molar-refractivity contribution in [1.29, 1.82) is 0 Å². The van der Waals surface area contributed by atoms with Gasteiger partial charge in [0.1, 0.15) is 12.0 Å². The van der Waals surface area contributed by atoms with E-state index in [4.69, 9.17) is 16.3 Å². The number of imide groups is 1. The quantitative estimate of drug-likeness (QED) is 0.499. The number of rotatable bonds is 4. The molecule has 0 radical (unpaired) electrons. The number of esters is 1. The molecule has 2 aromatic carbocycles. The molecule has 9 heteroatoms. The van der Waals surface area contributed by atoms with Crippen molar-refractivity contribution in [3.8, 4) is 0 Å². The van der Waals surface area contributed by atoms with E-state index < -0.39 is 29.7 Å². The van der Waals surface area contributed by atoms with Crippen LogP contribution in [0.3, 0.4) is 0 Å². The summed E-state index contributed by atoms with van der Waals surface area (Å²) in [4.78, 5) is 40.0. The molecule has 1 saturated heterocycles. The molecule has 7 nitrogen and oxygen atoms in total. The lowest BCUT2D eigenvalue weighted by Gasteiger charge is -2.22. The Morgan fingerprint density at radius 2 is 1.69 bits per heavy atom. The molecule has 0 spiro atoms. The summed E-state index contributed by atoms with van der Waals surface area (Å²) in [5.41, 5.74) is 0.897. The van der Waals surface area contributed by atoms with Gasteiger partial charge >= 0.3 is 5.97 Å². The molecule has 2 atom stereocenters. The van der Waals surface area contributed by atoms with Gasteiger partial charge in [0.25, 0.3) is 5.91 Å². The van der Waals surface area contributed by atoms with Crippen LogP contribution in [0.4, 0.5) is 11.4 Å². The number of amides is 2. The molecular formula is C20H15BrClN3O4. The van der Waals surface area contributed by atoms with Crippen LogP contribution in [0, 0.1) is 5.92 Å². The highest BCUT2D eigenvalue weighted by Gasteiger charge is 2.59. The van der Waals surface area contributed by atoms with Crippen molar-refractivity contribution in [2.24, 2.45) is 11.0 Å². The maximum Gasteiger partial charge on any atom is 0.355 e. The Morgan fingerprint density at radius 1 is 1.07 bits per heavy atom. The van der Waals surface area contributed by atoms with Gasteiger partial charge in [0, 0.05) is 9.50 Å². The summed E-state index contributed by atoms with van der Waals surface area (Å²) >= 11 is 9.29. The van der Waals surface area contributed by atoms with E-state index in [1.165, 1.54) is 5.01 Å². The molecule has 2 amide bonds. The second-order valence-electron chi connectivity index (χ2n) is 6.44. The van der Waals surface area contributed by atoms with E-state index in [-0.39, 0.29) is 12.3 Å². The van der Waals surface area contributed by atoms with Crippen molar-refractivity contribution >= 4 is 62.4 Å². The summed E-state index contributed by atoms with van der Waals surface area (Å²) in [6, 6.07) is 12.5.